The van der Waals surface area contributed by atoms with E-state index >= 15 is 0 Å². The third kappa shape index (κ3) is 2.33. The molecule has 0 aromatic rings. The summed E-state index contributed by atoms with van der Waals surface area (Å²) in [5.41, 5.74) is -0.785. The van der Waals surface area contributed by atoms with E-state index in [2.05, 4.69) is 31.9 Å². The van der Waals surface area contributed by atoms with E-state index in [4.69, 9.17) is 11.6 Å². The molecular formula is C7H11Br2ClO. The monoisotopic (exact) mass is 304 g/mol. The molecule has 0 radical (unpaired) electrons. The van der Waals surface area contributed by atoms with E-state index in [1.54, 1.807) is 0 Å². The van der Waals surface area contributed by atoms with Crippen LogP contribution in [0.15, 0.2) is 0 Å². The highest BCUT2D eigenvalue weighted by Gasteiger charge is 2.45. The molecule has 0 atom stereocenters. The van der Waals surface area contributed by atoms with Gasteiger partial charge in [0.05, 0.1) is 0 Å². The molecule has 0 spiro atoms. The quantitative estimate of drug-likeness (QED) is 0.737. The van der Waals surface area contributed by atoms with Crippen molar-refractivity contribution in [2.24, 2.45) is 0 Å². The minimum atomic E-state index is -0.840. The summed E-state index contributed by atoms with van der Waals surface area (Å²) in [7, 11) is 0. The number of aliphatic hydroxyl groups is 1. The van der Waals surface area contributed by atoms with Gasteiger partial charge >= 0.3 is 0 Å². The van der Waals surface area contributed by atoms with Crippen molar-refractivity contribution in [1.82, 2.24) is 0 Å². The molecule has 0 aromatic carbocycles. The molecule has 0 saturated heterocycles. The van der Waals surface area contributed by atoms with Crippen LogP contribution in [-0.4, -0.2) is 13.4 Å². The highest BCUT2D eigenvalue weighted by atomic mass is 79.9. The molecule has 1 aliphatic carbocycles. The molecule has 0 amide bonds. The number of alkyl halides is 3. The lowest BCUT2D eigenvalue weighted by Gasteiger charge is -2.38. The van der Waals surface area contributed by atoms with Gasteiger partial charge in [-0.3, -0.25) is 0 Å². The van der Waals surface area contributed by atoms with E-state index in [0.29, 0.717) is 0 Å². The number of hydrogen-bond acceptors (Lipinski definition) is 1. The van der Waals surface area contributed by atoms with Crippen LogP contribution >= 0.6 is 43.5 Å². The van der Waals surface area contributed by atoms with Gasteiger partial charge < -0.3 is 5.11 Å². The first kappa shape index (κ1) is 10.3. The Morgan fingerprint density at radius 1 is 1.18 bits per heavy atom. The molecule has 1 aliphatic rings. The lowest BCUT2D eigenvalue weighted by molar-refractivity contribution is 0.0142. The second-order valence-electron chi connectivity index (χ2n) is 3.09. The van der Waals surface area contributed by atoms with Crippen LogP contribution in [-0.2, 0) is 0 Å². The van der Waals surface area contributed by atoms with Crippen LogP contribution in [0.2, 0.25) is 0 Å². The molecule has 0 bridgehead atoms. The van der Waals surface area contributed by atoms with Crippen molar-refractivity contribution < 1.29 is 5.11 Å². The summed E-state index contributed by atoms with van der Waals surface area (Å²) < 4.78 is -0.840. The maximum atomic E-state index is 9.98. The van der Waals surface area contributed by atoms with Crippen molar-refractivity contribution in [2.75, 3.05) is 0 Å². The maximum absolute atomic E-state index is 9.98. The van der Waals surface area contributed by atoms with Gasteiger partial charge in [-0.1, -0.05) is 62.7 Å². The van der Waals surface area contributed by atoms with Gasteiger partial charge in [-0.2, -0.15) is 0 Å². The fourth-order valence-electron chi connectivity index (χ4n) is 1.42. The van der Waals surface area contributed by atoms with Crippen molar-refractivity contribution in [3.8, 4) is 0 Å². The highest BCUT2D eigenvalue weighted by molar-refractivity contribution is 9.26. The van der Waals surface area contributed by atoms with Gasteiger partial charge in [0.15, 0.2) is 2.69 Å². The van der Waals surface area contributed by atoms with E-state index in [0.717, 1.165) is 25.7 Å². The Balaban J connectivity index is 2.64. The number of halogens is 3. The molecule has 1 saturated carbocycles. The first-order valence-electron chi connectivity index (χ1n) is 3.75. The molecule has 11 heavy (non-hydrogen) atoms. The van der Waals surface area contributed by atoms with E-state index < -0.39 is 8.29 Å². The van der Waals surface area contributed by atoms with Crippen LogP contribution in [0.3, 0.4) is 0 Å². The lowest BCUT2D eigenvalue weighted by Crippen LogP contribution is -2.43. The Kier molecular flexibility index (Phi) is 3.30. The summed E-state index contributed by atoms with van der Waals surface area (Å²) in [5.74, 6) is 0. The predicted molar refractivity (Wildman–Crippen MR) is 54.5 cm³/mol. The molecule has 0 heterocycles. The third-order valence-corrected chi connectivity index (χ3v) is 4.04. The van der Waals surface area contributed by atoms with Crippen LogP contribution in [0.1, 0.15) is 32.1 Å². The van der Waals surface area contributed by atoms with Gasteiger partial charge in [-0.15, -0.1) is 0 Å². The van der Waals surface area contributed by atoms with Crippen LogP contribution < -0.4 is 0 Å². The van der Waals surface area contributed by atoms with Crippen LogP contribution in [0.25, 0.3) is 0 Å². The van der Waals surface area contributed by atoms with Crippen LogP contribution in [0.5, 0.6) is 0 Å². The van der Waals surface area contributed by atoms with Gasteiger partial charge in [-0.05, 0) is 12.8 Å². The summed E-state index contributed by atoms with van der Waals surface area (Å²) in [4.78, 5) is 0. The largest absolute Gasteiger partial charge is 0.386 e. The Hall–Kier alpha value is 1.21. The van der Waals surface area contributed by atoms with E-state index in [9.17, 15) is 5.11 Å². The maximum Gasteiger partial charge on any atom is 0.181 e. The van der Waals surface area contributed by atoms with Crippen molar-refractivity contribution in [3.05, 3.63) is 0 Å². The lowest BCUT2D eigenvalue weighted by atomic mass is 9.86. The smallest absolute Gasteiger partial charge is 0.181 e. The van der Waals surface area contributed by atoms with Crippen molar-refractivity contribution in [3.63, 3.8) is 0 Å². The first-order valence-corrected chi connectivity index (χ1v) is 5.71. The van der Waals surface area contributed by atoms with Crippen LogP contribution in [0, 0.1) is 0 Å². The molecule has 0 unspecified atom stereocenters. The van der Waals surface area contributed by atoms with Crippen molar-refractivity contribution in [2.45, 2.75) is 40.4 Å². The van der Waals surface area contributed by atoms with Gasteiger partial charge in [0.1, 0.15) is 5.60 Å². The molecule has 4 heteroatoms. The van der Waals surface area contributed by atoms with Gasteiger partial charge in [0.25, 0.3) is 0 Å². The Labute approximate surface area is 88.8 Å². The molecule has 0 aromatic heterocycles. The SMILES string of the molecule is OC1(C(Cl)(Br)Br)CCCCC1. The summed E-state index contributed by atoms with van der Waals surface area (Å²) >= 11 is 12.4. The van der Waals surface area contributed by atoms with Crippen molar-refractivity contribution >= 4 is 43.5 Å². The highest BCUT2D eigenvalue weighted by Crippen LogP contribution is 2.48. The first-order chi connectivity index (χ1) is 4.96. The Morgan fingerprint density at radius 2 is 1.64 bits per heavy atom. The van der Waals surface area contributed by atoms with Crippen LogP contribution in [0.4, 0.5) is 0 Å². The summed E-state index contributed by atoms with van der Waals surface area (Å²) in [6.45, 7) is 0. The Morgan fingerprint density at radius 3 is 1.91 bits per heavy atom. The second kappa shape index (κ2) is 3.52. The van der Waals surface area contributed by atoms with Gasteiger partial charge in [0.2, 0.25) is 0 Å². The van der Waals surface area contributed by atoms with Gasteiger partial charge in [0, 0.05) is 0 Å². The number of hydrogen-bond donors (Lipinski definition) is 1. The average molecular weight is 306 g/mol. The molecule has 1 N–H and O–H groups in total. The average Bonchev–Trinajstić information content (AvgIpc) is 1.87. The zero-order valence-electron chi connectivity index (χ0n) is 6.12. The third-order valence-electron chi connectivity index (χ3n) is 2.21. The molecule has 1 nitrogen and oxygen atoms in total. The fourth-order valence-corrected chi connectivity index (χ4v) is 2.40. The van der Waals surface area contributed by atoms with E-state index in [1.807, 2.05) is 0 Å². The Bertz CT molecular complexity index is 138. The molecular weight excluding hydrogens is 295 g/mol. The van der Waals surface area contributed by atoms with E-state index in [1.165, 1.54) is 6.42 Å². The van der Waals surface area contributed by atoms with Gasteiger partial charge in [-0.25, -0.2) is 0 Å². The summed E-state index contributed by atoms with van der Waals surface area (Å²) in [5, 5.41) is 9.98. The van der Waals surface area contributed by atoms with E-state index in [-0.39, 0.29) is 0 Å². The number of rotatable bonds is 1. The molecule has 1 fully saturated rings. The molecule has 66 valence electrons. The predicted octanol–water partition coefficient (Wildman–Crippen LogP) is 3.36. The fraction of sp³-hybridized carbons (Fsp3) is 1.00. The minimum absolute atomic E-state index is 0.771. The minimum Gasteiger partial charge on any atom is -0.386 e. The molecule has 0 aliphatic heterocycles. The zero-order chi connectivity index (χ0) is 8.54. The van der Waals surface area contributed by atoms with Crippen molar-refractivity contribution in [1.29, 1.82) is 0 Å². The summed E-state index contributed by atoms with van der Waals surface area (Å²) in [6, 6.07) is 0. The summed E-state index contributed by atoms with van der Waals surface area (Å²) in [6.07, 6.45) is 4.86. The normalized spacial score (nSPS) is 25.1. The zero-order valence-corrected chi connectivity index (χ0v) is 10.0. The standard InChI is InChI=1S/C7H11Br2ClO/c8-7(9,10)6(11)4-2-1-3-5-6/h11H,1-5H2. The second-order valence-corrected chi connectivity index (χ2v) is 8.01. The molecule has 1 rings (SSSR count). The topological polar surface area (TPSA) is 20.2 Å².